The van der Waals surface area contributed by atoms with Crippen LogP contribution in [0.15, 0.2) is 35.3 Å². The van der Waals surface area contributed by atoms with E-state index >= 15 is 0 Å². The van der Waals surface area contributed by atoms with Crippen LogP contribution in [0.2, 0.25) is 0 Å². The van der Waals surface area contributed by atoms with Gasteiger partial charge in [0.15, 0.2) is 5.96 Å². The highest BCUT2D eigenvalue weighted by atomic mass is 127. The zero-order valence-corrected chi connectivity index (χ0v) is 16.7. The maximum absolute atomic E-state index is 5.90. The highest BCUT2D eigenvalue weighted by Gasteiger charge is 2.41. The van der Waals surface area contributed by atoms with Crippen LogP contribution in [-0.2, 0) is 4.74 Å². The smallest absolute Gasteiger partial charge is 0.191 e. The molecule has 2 heterocycles. The highest BCUT2D eigenvalue weighted by molar-refractivity contribution is 14.0. The molecule has 3 N–H and O–H groups in total. The maximum atomic E-state index is 5.90. The Kier molecular flexibility index (Phi) is 8.11. The number of rotatable bonds is 7. The minimum absolute atomic E-state index is 0. The molecule has 2 saturated heterocycles. The molecule has 0 saturated carbocycles. The molecule has 0 spiro atoms. The van der Waals surface area contributed by atoms with Crippen molar-refractivity contribution in [2.45, 2.75) is 50.9 Å². The summed E-state index contributed by atoms with van der Waals surface area (Å²) in [4.78, 5) is 4.69. The van der Waals surface area contributed by atoms with E-state index in [0.717, 1.165) is 38.4 Å². The van der Waals surface area contributed by atoms with E-state index < -0.39 is 0 Å². The third-order valence-electron chi connectivity index (χ3n) is 4.48. The fourth-order valence-corrected chi connectivity index (χ4v) is 3.34. The van der Waals surface area contributed by atoms with Crippen LogP contribution in [-0.4, -0.2) is 43.8 Å². The van der Waals surface area contributed by atoms with E-state index in [4.69, 9.17) is 9.73 Å². The van der Waals surface area contributed by atoms with Crippen LogP contribution in [0.4, 0.5) is 5.69 Å². The van der Waals surface area contributed by atoms with Gasteiger partial charge in [0.25, 0.3) is 0 Å². The fraction of sp³-hybridized carbons (Fsp3) is 0.611. The monoisotopic (exact) mass is 444 g/mol. The maximum Gasteiger partial charge on any atom is 0.191 e. The number of para-hydroxylation sites is 1. The Morgan fingerprint density at radius 2 is 2.08 bits per heavy atom. The lowest BCUT2D eigenvalue weighted by molar-refractivity contribution is 0.0992. The van der Waals surface area contributed by atoms with Crippen molar-refractivity contribution in [1.29, 1.82) is 0 Å². The molecule has 0 aromatic heterocycles. The molecule has 0 amide bonds. The first-order valence-corrected chi connectivity index (χ1v) is 8.84. The number of halogens is 1. The predicted octanol–water partition coefficient (Wildman–Crippen LogP) is 2.98. The molecule has 3 rings (SSSR count). The standard InChI is InChI=1S/C18H28N4O.HI/c1-2-19-18(22-16-13-15-9-10-17(16)23-15)21-12-6-11-20-14-7-4-3-5-8-14;/h3-5,7-8,15-17,20H,2,6,9-13H2,1H3,(H2,19,21,22);1H. The van der Waals surface area contributed by atoms with Gasteiger partial charge in [0.05, 0.1) is 18.2 Å². The minimum atomic E-state index is 0. The molecule has 2 fully saturated rings. The second kappa shape index (κ2) is 10.1. The second-order valence-electron chi connectivity index (χ2n) is 6.27. The summed E-state index contributed by atoms with van der Waals surface area (Å²) in [5.74, 6) is 0.924. The van der Waals surface area contributed by atoms with E-state index in [1.54, 1.807) is 0 Å². The van der Waals surface area contributed by atoms with Gasteiger partial charge < -0.3 is 20.7 Å². The number of hydrogen-bond acceptors (Lipinski definition) is 3. The first-order valence-electron chi connectivity index (χ1n) is 8.84. The number of fused-ring (bicyclic) bond motifs is 2. The van der Waals surface area contributed by atoms with Crippen molar-refractivity contribution in [3.05, 3.63) is 30.3 Å². The molecule has 0 radical (unpaired) electrons. The number of hydrogen-bond donors (Lipinski definition) is 3. The second-order valence-corrected chi connectivity index (χ2v) is 6.27. The average Bonchev–Trinajstić information content (AvgIpc) is 3.18. The van der Waals surface area contributed by atoms with Gasteiger partial charge >= 0.3 is 0 Å². The number of guanidine groups is 1. The van der Waals surface area contributed by atoms with Crippen LogP contribution >= 0.6 is 24.0 Å². The topological polar surface area (TPSA) is 57.7 Å². The quantitative estimate of drug-likeness (QED) is 0.262. The predicted molar refractivity (Wildman–Crippen MR) is 110 cm³/mol. The number of nitrogens with zero attached hydrogens (tertiary/aromatic N) is 1. The Bertz CT molecular complexity index is 511. The van der Waals surface area contributed by atoms with Crippen LogP contribution in [0, 0.1) is 0 Å². The fourth-order valence-electron chi connectivity index (χ4n) is 3.34. The molecule has 3 atom stereocenters. The van der Waals surface area contributed by atoms with Gasteiger partial charge in [-0.3, -0.25) is 4.99 Å². The van der Waals surface area contributed by atoms with E-state index in [2.05, 4.69) is 35.0 Å². The first kappa shape index (κ1) is 19.3. The summed E-state index contributed by atoms with van der Waals surface area (Å²) < 4.78 is 5.90. The van der Waals surface area contributed by atoms with Gasteiger partial charge in [0.2, 0.25) is 0 Å². The van der Waals surface area contributed by atoms with Crippen LogP contribution in [0.3, 0.4) is 0 Å². The van der Waals surface area contributed by atoms with E-state index in [9.17, 15) is 0 Å². The van der Waals surface area contributed by atoms with E-state index in [1.807, 2.05) is 18.2 Å². The van der Waals surface area contributed by atoms with Crippen molar-refractivity contribution >= 4 is 35.6 Å². The van der Waals surface area contributed by atoms with Gasteiger partial charge in [-0.25, -0.2) is 0 Å². The lowest BCUT2D eigenvalue weighted by atomic mass is 9.96. The van der Waals surface area contributed by atoms with E-state index in [0.29, 0.717) is 18.2 Å². The lowest BCUT2D eigenvalue weighted by Gasteiger charge is -2.22. The zero-order chi connectivity index (χ0) is 15.9. The Labute approximate surface area is 162 Å². The molecule has 1 aromatic rings. The van der Waals surface area contributed by atoms with Gasteiger partial charge in [0.1, 0.15) is 0 Å². The van der Waals surface area contributed by atoms with Crippen molar-refractivity contribution in [3.8, 4) is 0 Å². The number of aliphatic imine (C=N–C) groups is 1. The number of benzene rings is 1. The van der Waals surface area contributed by atoms with Gasteiger partial charge in [-0.2, -0.15) is 0 Å². The SMILES string of the molecule is CCNC(=NCCCNc1ccccc1)NC1CC2CCC1O2.I. The molecular weight excluding hydrogens is 415 g/mol. The highest BCUT2D eigenvalue weighted by Crippen LogP contribution is 2.34. The van der Waals surface area contributed by atoms with Crippen molar-refractivity contribution < 1.29 is 4.74 Å². The molecule has 2 aliphatic heterocycles. The lowest BCUT2D eigenvalue weighted by Crippen LogP contribution is -2.47. The van der Waals surface area contributed by atoms with Gasteiger partial charge in [-0.05, 0) is 44.7 Å². The largest absolute Gasteiger partial charge is 0.385 e. The number of nitrogens with one attached hydrogen (secondary N) is 3. The Hall–Kier alpha value is -1.02. The Morgan fingerprint density at radius 3 is 2.75 bits per heavy atom. The first-order chi connectivity index (χ1) is 11.3. The number of anilines is 1. The molecule has 134 valence electrons. The third-order valence-corrected chi connectivity index (χ3v) is 4.48. The van der Waals surface area contributed by atoms with Crippen LogP contribution in [0.1, 0.15) is 32.6 Å². The van der Waals surface area contributed by atoms with Crippen molar-refractivity contribution in [3.63, 3.8) is 0 Å². The van der Waals surface area contributed by atoms with E-state index in [-0.39, 0.29) is 24.0 Å². The van der Waals surface area contributed by atoms with Crippen LogP contribution < -0.4 is 16.0 Å². The summed E-state index contributed by atoms with van der Waals surface area (Å²) in [6.45, 7) is 4.74. The summed E-state index contributed by atoms with van der Waals surface area (Å²) in [7, 11) is 0. The van der Waals surface area contributed by atoms with Gasteiger partial charge in [0, 0.05) is 25.3 Å². The Balaban J connectivity index is 0.00000208. The summed E-state index contributed by atoms with van der Waals surface area (Å²) in [5.41, 5.74) is 1.17. The van der Waals surface area contributed by atoms with Crippen molar-refractivity contribution in [2.75, 3.05) is 25.0 Å². The molecule has 24 heavy (non-hydrogen) atoms. The minimum Gasteiger partial charge on any atom is -0.385 e. The summed E-state index contributed by atoms with van der Waals surface area (Å²) in [6, 6.07) is 10.7. The Morgan fingerprint density at radius 1 is 1.25 bits per heavy atom. The molecule has 2 bridgehead atoms. The molecule has 5 nitrogen and oxygen atoms in total. The van der Waals surface area contributed by atoms with E-state index in [1.165, 1.54) is 18.5 Å². The molecule has 1 aromatic carbocycles. The molecule has 6 heteroatoms. The van der Waals surface area contributed by atoms with Crippen LogP contribution in [0.5, 0.6) is 0 Å². The molecule has 2 aliphatic rings. The van der Waals surface area contributed by atoms with Gasteiger partial charge in [-0.1, -0.05) is 18.2 Å². The van der Waals surface area contributed by atoms with Crippen LogP contribution in [0.25, 0.3) is 0 Å². The number of ether oxygens (including phenoxy) is 1. The van der Waals surface area contributed by atoms with Crippen molar-refractivity contribution in [1.82, 2.24) is 10.6 Å². The summed E-state index contributed by atoms with van der Waals surface area (Å²) >= 11 is 0. The van der Waals surface area contributed by atoms with Crippen molar-refractivity contribution in [2.24, 2.45) is 4.99 Å². The average molecular weight is 444 g/mol. The molecule has 0 aliphatic carbocycles. The normalized spacial score (nSPS) is 25.2. The van der Waals surface area contributed by atoms with Gasteiger partial charge in [-0.15, -0.1) is 24.0 Å². The molecular formula is C18H29IN4O. The third kappa shape index (κ3) is 5.51. The summed E-state index contributed by atoms with van der Waals surface area (Å²) in [6.07, 6.45) is 5.38. The summed E-state index contributed by atoms with van der Waals surface area (Å²) in [5, 5.41) is 10.3. The zero-order valence-electron chi connectivity index (χ0n) is 14.3. The molecule has 3 unspecified atom stereocenters.